The normalized spacial score (nSPS) is 13.7. The Kier molecular flexibility index (Phi) is 6.26. The Bertz CT molecular complexity index is 554. The smallest absolute Gasteiger partial charge is 0.337 e. The van der Waals surface area contributed by atoms with E-state index in [1.165, 1.54) is 7.11 Å². The molecule has 0 bridgehead atoms. The molecule has 0 aromatic heterocycles. The predicted octanol–water partition coefficient (Wildman–Crippen LogP) is 3.00. The van der Waals surface area contributed by atoms with Crippen molar-refractivity contribution in [2.45, 2.75) is 32.6 Å². The first-order valence-electron chi connectivity index (χ1n) is 8.18. The van der Waals surface area contributed by atoms with Crippen molar-refractivity contribution in [2.75, 3.05) is 37.0 Å². The molecule has 0 radical (unpaired) electrons. The highest BCUT2D eigenvalue weighted by atomic mass is 16.5. The summed E-state index contributed by atoms with van der Waals surface area (Å²) in [5.74, 6) is -0.410. The largest absolute Gasteiger partial charge is 0.465 e. The van der Waals surface area contributed by atoms with Gasteiger partial charge in [-0.3, -0.25) is 0 Å². The molecule has 0 spiro atoms. The van der Waals surface area contributed by atoms with Crippen LogP contribution in [0.1, 0.15) is 43.0 Å². The number of esters is 1. The minimum Gasteiger partial charge on any atom is -0.465 e. The van der Waals surface area contributed by atoms with Crippen molar-refractivity contribution < 1.29 is 14.3 Å². The van der Waals surface area contributed by atoms with Crippen molar-refractivity contribution in [3.05, 3.63) is 23.8 Å². The Hall–Kier alpha value is -2.24. The SMILES string of the molecule is CCCCNC(=O)Nc1cc(C(=O)OC)ccc1N1CCCC1. The molecule has 2 amide bonds. The van der Waals surface area contributed by atoms with E-state index in [4.69, 9.17) is 4.74 Å². The summed E-state index contributed by atoms with van der Waals surface area (Å²) in [6.07, 6.45) is 4.24. The second-order valence-corrected chi connectivity index (χ2v) is 5.65. The number of unbranched alkanes of at least 4 members (excludes halogenated alkanes) is 1. The fraction of sp³-hybridized carbons (Fsp3) is 0.529. The summed E-state index contributed by atoms with van der Waals surface area (Å²) in [5.41, 5.74) is 2.02. The summed E-state index contributed by atoms with van der Waals surface area (Å²) in [4.78, 5) is 26.0. The first-order chi connectivity index (χ1) is 11.2. The van der Waals surface area contributed by atoms with E-state index >= 15 is 0 Å². The molecule has 23 heavy (non-hydrogen) atoms. The number of methoxy groups -OCH3 is 1. The van der Waals surface area contributed by atoms with Gasteiger partial charge in [0.2, 0.25) is 0 Å². The standard InChI is InChI=1S/C17H25N3O3/c1-3-4-9-18-17(22)19-14-12-13(16(21)23-2)7-8-15(14)20-10-5-6-11-20/h7-8,12H,3-6,9-11H2,1-2H3,(H2,18,19,22). The zero-order valence-corrected chi connectivity index (χ0v) is 13.9. The maximum absolute atomic E-state index is 12.0. The van der Waals surface area contributed by atoms with Crippen molar-refractivity contribution in [2.24, 2.45) is 0 Å². The molecule has 1 heterocycles. The maximum atomic E-state index is 12.0. The van der Waals surface area contributed by atoms with E-state index < -0.39 is 5.97 Å². The Labute approximate surface area is 137 Å². The van der Waals surface area contributed by atoms with Crippen LogP contribution in [0.25, 0.3) is 0 Å². The minimum absolute atomic E-state index is 0.249. The summed E-state index contributed by atoms with van der Waals surface area (Å²) < 4.78 is 4.76. The molecule has 1 fully saturated rings. The predicted molar refractivity (Wildman–Crippen MR) is 91.2 cm³/mol. The van der Waals surface area contributed by atoms with Crippen molar-refractivity contribution >= 4 is 23.4 Å². The number of amides is 2. The van der Waals surface area contributed by atoms with Gasteiger partial charge in [0.1, 0.15) is 0 Å². The molecule has 2 rings (SSSR count). The number of hydrogen-bond acceptors (Lipinski definition) is 4. The molecule has 0 unspecified atom stereocenters. The van der Waals surface area contributed by atoms with Crippen molar-refractivity contribution in [1.29, 1.82) is 0 Å². The van der Waals surface area contributed by atoms with Gasteiger partial charge in [-0.05, 0) is 37.5 Å². The molecule has 1 saturated heterocycles. The second kappa shape index (κ2) is 8.41. The number of benzene rings is 1. The van der Waals surface area contributed by atoms with E-state index in [0.717, 1.165) is 44.5 Å². The molecule has 1 aliphatic rings. The molecular formula is C17H25N3O3. The number of carbonyl (C=O) groups is 2. The number of nitrogens with zero attached hydrogens (tertiary/aromatic N) is 1. The Balaban J connectivity index is 2.17. The molecule has 0 saturated carbocycles. The van der Waals surface area contributed by atoms with Crippen LogP contribution in [0.15, 0.2) is 18.2 Å². The average Bonchev–Trinajstić information content (AvgIpc) is 3.08. The quantitative estimate of drug-likeness (QED) is 0.624. The van der Waals surface area contributed by atoms with Crippen LogP contribution in [0.4, 0.5) is 16.2 Å². The van der Waals surface area contributed by atoms with Gasteiger partial charge in [-0.1, -0.05) is 13.3 Å². The van der Waals surface area contributed by atoms with Gasteiger partial charge in [0.05, 0.1) is 24.0 Å². The highest BCUT2D eigenvalue weighted by Crippen LogP contribution is 2.30. The molecule has 1 aromatic rings. The van der Waals surface area contributed by atoms with E-state index in [-0.39, 0.29) is 6.03 Å². The van der Waals surface area contributed by atoms with Crippen molar-refractivity contribution in [3.63, 3.8) is 0 Å². The average molecular weight is 319 g/mol. The summed E-state index contributed by atoms with van der Waals surface area (Å²) >= 11 is 0. The molecule has 6 heteroatoms. The summed E-state index contributed by atoms with van der Waals surface area (Å²) in [7, 11) is 1.35. The molecule has 6 nitrogen and oxygen atoms in total. The van der Waals surface area contributed by atoms with Gasteiger partial charge in [0.15, 0.2) is 0 Å². The van der Waals surface area contributed by atoms with E-state index in [1.807, 2.05) is 6.07 Å². The molecule has 2 N–H and O–H groups in total. The topological polar surface area (TPSA) is 70.7 Å². The highest BCUT2D eigenvalue weighted by Gasteiger charge is 2.19. The van der Waals surface area contributed by atoms with E-state index in [1.54, 1.807) is 12.1 Å². The lowest BCUT2D eigenvalue weighted by Gasteiger charge is -2.22. The van der Waals surface area contributed by atoms with Crippen LogP contribution in [0.3, 0.4) is 0 Å². The van der Waals surface area contributed by atoms with Crippen LogP contribution in [-0.4, -0.2) is 38.7 Å². The van der Waals surface area contributed by atoms with Crippen LogP contribution in [0.2, 0.25) is 0 Å². The number of nitrogens with one attached hydrogen (secondary N) is 2. The fourth-order valence-corrected chi connectivity index (χ4v) is 2.66. The fourth-order valence-electron chi connectivity index (χ4n) is 2.66. The van der Waals surface area contributed by atoms with E-state index in [2.05, 4.69) is 22.5 Å². The Morgan fingerprint density at radius 1 is 1.26 bits per heavy atom. The third kappa shape index (κ3) is 4.61. The van der Waals surface area contributed by atoms with Gasteiger partial charge < -0.3 is 20.3 Å². The number of urea groups is 1. The molecular weight excluding hydrogens is 294 g/mol. The van der Waals surface area contributed by atoms with E-state index in [0.29, 0.717) is 17.8 Å². The van der Waals surface area contributed by atoms with Gasteiger partial charge in [0, 0.05) is 19.6 Å². The van der Waals surface area contributed by atoms with Gasteiger partial charge in [0.25, 0.3) is 0 Å². The van der Waals surface area contributed by atoms with E-state index in [9.17, 15) is 9.59 Å². The molecule has 0 aliphatic carbocycles. The third-order valence-electron chi connectivity index (χ3n) is 3.93. The number of hydrogen-bond donors (Lipinski definition) is 2. The number of carbonyl (C=O) groups excluding carboxylic acids is 2. The number of anilines is 2. The molecule has 0 atom stereocenters. The lowest BCUT2D eigenvalue weighted by atomic mass is 10.1. The Morgan fingerprint density at radius 3 is 2.65 bits per heavy atom. The van der Waals surface area contributed by atoms with Crippen LogP contribution in [0.5, 0.6) is 0 Å². The van der Waals surface area contributed by atoms with Crippen LogP contribution >= 0.6 is 0 Å². The summed E-state index contributed by atoms with van der Waals surface area (Å²) in [5, 5.41) is 5.69. The van der Waals surface area contributed by atoms with Gasteiger partial charge in [-0.25, -0.2) is 9.59 Å². The molecule has 1 aromatic carbocycles. The minimum atomic E-state index is -0.410. The lowest BCUT2D eigenvalue weighted by Crippen LogP contribution is -2.30. The van der Waals surface area contributed by atoms with Crippen LogP contribution < -0.4 is 15.5 Å². The number of ether oxygens (including phenoxy) is 1. The summed E-state index contributed by atoms with van der Waals surface area (Å²) in [6.45, 7) is 4.64. The molecule has 1 aliphatic heterocycles. The van der Waals surface area contributed by atoms with Crippen molar-refractivity contribution in [1.82, 2.24) is 5.32 Å². The van der Waals surface area contributed by atoms with Crippen LogP contribution in [0, 0.1) is 0 Å². The lowest BCUT2D eigenvalue weighted by molar-refractivity contribution is 0.0601. The van der Waals surface area contributed by atoms with Crippen LogP contribution in [-0.2, 0) is 4.74 Å². The first-order valence-corrected chi connectivity index (χ1v) is 8.18. The summed E-state index contributed by atoms with van der Waals surface area (Å²) in [6, 6.07) is 5.04. The highest BCUT2D eigenvalue weighted by molar-refractivity contribution is 5.97. The van der Waals surface area contributed by atoms with Crippen molar-refractivity contribution in [3.8, 4) is 0 Å². The first kappa shape index (κ1) is 17.1. The maximum Gasteiger partial charge on any atom is 0.337 e. The molecule has 126 valence electrons. The monoisotopic (exact) mass is 319 g/mol. The third-order valence-corrected chi connectivity index (χ3v) is 3.93. The second-order valence-electron chi connectivity index (χ2n) is 5.65. The zero-order valence-electron chi connectivity index (χ0n) is 13.9. The number of rotatable bonds is 6. The zero-order chi connectivity index (χ0) is 16.7. The Morgan fingerprint density at radius 2 is 2.00 bits per heavy atom. The van der Waals surface area contributed by atoms with Gasteiger partial charge in [-0.15, -0.1) is 0 Å². The van der Waals surface area contributed by atoms with Gasteiger partial charge >= 0.3 is 12.0 Å². The van der Waals surface area contributed by atoms with Gasteiger partial charge in [-0.2, -0.15) is 0 Å².